The molecule has 0 aliphatic carbocycles. The van der Waals surface area contributed by atoms with Gasteiger partial charge in [-0.05, 0) is 40.5 Å². The van der Waals surface area contributed by atoms with E-state index >= 15 is 0 Å². The Morgan fingerprint density at radius 2 is 2.06 bits per heavy atom. The van der Waals surface area contributed by atoms with Gasteiger partial charge in [-0.1, -0.05) is 13.3 Å². The predicted molar refractivity (Wildman–Crippen MR) is 73.5 cm³/mol. The van der Waals surface area contributed by atoms with E-state index in [1.807, 2.05) is 0 Å². The zero-order valence-electron chi connectivity index (χ0n) is 9.95. The summed E-state index contributed by atoms with van der Waals surface area (Å²) in [7, 11) is 0. The molecule has 3 nitrogen and oxygen atoms in total. The van der Waals surface area contributed by atoms with Crippen molar-refractivity contribution >= 4 is 21.7 Å². The molecule has 0 unspecified atom stereocenters. The van der Waals surface area contributed by atoms with Crippen LogP contribution >= 0.6 is 15.9 Å². The quantitative estimate of drug-likeness (QED) is 0.942. The highest BCUT2D eigenvalue weighted by Gasteiger charge is 2.09. The van der Waals surface area contributed by atoms with E-state index in [1.54, 1.807) is 12.1 Å². The molecule has 1 heterocycles. The van der Waals surface area contributed by atoms with Crippen LogP contribution in [0.2, 0.25) is 0 Å². The smallest absolute Gasteiger partial charge is 0.162 e. The molecule has 5 heteroatoms. The molecule has 0 saturated carbocycles. The van der Waals surface area contributed by atoms with Crippen LogP contribution in [0, 0.1) is 5.82 Å². The van der Waals surface area contributed by atoms with Gasteiger partial charge in [0.1, 0.15) is 11.6 Å². The summed E-state index contributed by atoms with van der Waals surface area (Å²) in [4.78, 5) is 8.63. The van der Waals surface area contributed by atoms with E-state index in [-0.39, 0.29) is 5.82 Å². The standard InChI is InChI=1S/C13H13BrFN3/c1-2-3-9-7-12(16)18-13(17-9)10-5-4-8(15)6-11(10)14/h4-7H,2-3H2,1H3,(H2,16,17,18). The number of aromatic nitrogens is 2. The molecule has 0 atom stereocenters. The maximum absolute atomic E-state index is 13.0. The lowest BCUT2D eigenvalue weighted by molar-refractivity contribution is 0.627. The monoisotopic (exact) mass is 309 g/mol. The van der Waals surface area contributed by atoms with Gasteiger partial charge in [0.05, 0.1) is 0 Å². The number of hydrogen-bond donors (Lipinski definition) is 1. The molecule has 0 saturated heterocycles. The van der Waals surface area contributed by atoms with Gasteiger partial charge in [0.25, 0.3) is 0 Å². The van der Waals surface area contributed by atoms with E-state index in [9.17, 15) is 4.39 Å². The van der Waals surface area contributed by atoms with Gasteiger partial charge in [-0.25, -0.2) is 14.4 Å². The number of halogens is 2. The van der Waals surface area contributed by atoms with Gasteiger partial charge in [-0.3, -0.25) is 0 Å². The first-order valence-corrected chi connectivity index (χ1v) is 6.48. The molecule has 0 radical (unpaired) electrons. The van der Waals surface area contributed by atoms with E-state index in [1.165, 1.54) is 12.1 Å². The highest BCUT2D eigenvalue weighted by atomic mass is 79.9. The minimum Gasteiger partial charge on any atom is -0.384 e. The Bertz CT molecular complexity index is 572. The van der Waals surface area contributed by atoms with E-state index in [4.69, 9.17) is 5.73 Å². The van der Waals surface area contributed by atoms with Gasteiger partial charge in [-0.2, -0.15) is 0 Å². The van der Waals surface area contributed by atoms with Crippen molar-refractivity contribution in [3.05, 3.63) is 40.2 Å². The van der Waals surface area contributed by atoms with Crippen molar-refractivity contribution in [2.75, 3.05) is 5.73 Å². The number of anilines is 1. The van der Waals surface area contributed by atoms with Gasteiger partial charge in [0.2, 0.25) is 0 Å². The first kappa shape index (κ1) is 13.0. The molecule has 2 aromatic rings. The second-order valence-electron chi connectivity index (χ2n) is 3.98. The molecule has 0 amide bonds. The molecular weight excluding hydrogens is 297 g/mol. The van der Waals surface area contributed by atoms with E-state index in [2.05, 4.69) is 32.8 Å². The average molecular weight is 310 g/mol. The van der Waals surface area contributed by atoms with Crippen molar-refractivity contribution in [3.63, 3.8) is 0 Å². The highest BCUT2D eigenvalue weighted by molar-refractivity contribution is 9.10. The SMILES string of the molecule is CCCc1cc(N)nc(-c2ccc(F)cc2Br)n1. The van der Waals surface area contributed by atoms with E-state index in [0.29, 0.717) is 16.1 Å². The first-order chi connectivity index (χ1) is 8.60. The molecule has 0 aliphatic rings. The van der Waals surface area contributed by atoms with Crippen LogP contribution in [0.4, 0.5) is 10.2 Å². The molecule has 18 heavy (non-hydrogen) atoms. The van der Waals surface area contributed by atoms with Crippen molar-refractivity contribution in [3.8, 4) is 11.4 Å². The molecule has 0 spiro atoms. The minimum atomic E-state index is -0.302. The Kier molecular flexibility index (Phi) is 3.91. The normalized spacial score (nSPS) is 10.6. The lowest BCUT2D eigenvalue weighted by atomic mass is 10.2. The van der Waals surface area contributed by atoms with Crippen molar-refractivity contribution in [2.24, 2.45) is 0 Å². The van der Waals surface area contributed by atoms with Gasteiger partial charge in [-0.15, -0.1) is 0 Å². The Morgan fingerprint density at radius 3 is 2.72 bits per heavy atom. The molecule has 0 aliphatic heterocycles. The summed E-state index contributed by atoms with van der Waals surface area (Å²) >= 11 is 3.31. The average Bonchev–Trinajstić information content (AvgIpc) is 2.28. The van der Waals surface area contributed by atoms with Crippen LogP contribution in [0.25, 0.3) is 11.4 Å². The molecule has 94 valence electrons. The number of hydrogen-bond acceptors (Lipinski definition) is 3. The third kappa shape index (κ3) is 2.85. The van der Waals surface area contributed by atoms with Crippen molar-refractivity contribution < 1.29 is 4.39 Å². The molecular formula is C13H13BrFN3. The lowest BCUT2D eigenvalue weighted by Gasteiger charge is -2.07. The number of benzene rings is 1. The first-order valence-electron chi connectivity index (χ1n) is 5.69. The van der Waals surface area contributed by atoms with Crippen molar-refractivity contribution in [2.45, 2.75) is 19.8 Å². The summed E-state index contributed by atoms with van der Waals surface area (Å²) in [5.41, 5.74) is 7.40. The number of nitrogens with zero attached hydrogens (tertiary/aromatic N) is 2. The van der Waals surface area contributed by atoms with Crippen molar-refractivity contribution in [1.29, 1.82) is 0 Å². The Labute approximate surface area is 113 Å². The van der Waals surface area contributed by atoms with Gasteiger partial charge in [0.15, 0.2) is 5.82 Å². The van der Waals surface area contributed by atoms with Crippen molar-refractivity contribution in [1.82, 2.24) is 9.97 Å². The van der Waals surface area contributed by atoms with Crippen LogP contribution in [0.3, 0.4) is 0 Å². The zero-order valence-corrected chi connectivity index (χ0v) is 11.5. The van der Waals surface area contributed by atoms with Crippen LogP contribution < -0.4 is 5.73 Å². The summed E-state index contributed by atoms with van der Waals surface area (Å²) in [6.07, 6.45) is 1.83. The lowest BCUT2D eigenvalue weighted by Crippen LogP contribution is -2.00. The Hall–Kier alpha value is -1.49. The van der Waals surface area contributed by atoms with Gasteiger partial charge < -0.3 is 5.73 Å². The summed E-state index contributed by atoms with van der Waals surface area (Å²) in [5, 5.41) is 0. The number of rotatable bonds is 3. The fraction of sp³-hybridized carbons (Fsp3) is 0.231. The summed E-state index contributed by atoms with van der Waals surface area (Å²) < 4.78 is 13.7. The molecule has 1 aromatic carbocycles. The predicted octanol–water partition coefficient (Wildman–Crippen LogP) is 3.58. The maximum Gasteiger partial charge on any atom is 0.162 e. The topological polar surface area (TPSA) is 51.8 Å². The van der Waals surface area contributed by atoms with Crippen LogP contribution in [0.15, 0.2) is 28.7 Å². The fourth-order valence-electron chi connectivity index (χ4n) is 1.69. The van der Waals surface area contributed by atoms with E-state index in [0.717, 1.165) is 24.1 Å². The second kappa shape index (κ2) is 5.44. The summed E-state index contributed by atoms with van der Waals surface area (Å²) in [6.45, 7) is 2.08. The minimum absolute atomic E-state index is 0.302. The molecule has 2 rings (SSSR count). The molecule has 2 N–H and O–H groups in total. The fourth-order valence-corrected chi connectivity index (χ4v) is 2.22. The summed E-state index contributed by atoms with van der Waals surface area (Å²) in [5.74, 6) is 0.647. The molecule has 0 bridgehead atoms. The van der Waals surface area contributed by atoms with Crippen LogP contribution in [0.5, 0.6) is 0 Å². The van der Waals surface area contributed by atoms with Gasteiger partial charge >= 0.3 is 0 Å². The molecule has 0 fully saturated rings. The van der Waals surface area contributed by atoms with E-state index < -0.39 is 0 Å². The van der Waals surface area contributed by atoms with Crippen LogP contribution in [0.1, 0.15) is 19.0 Å². The third-order valence-corrected chi connectivity index (χ3v) is 3.13. The number of nitrogens with two attached hydrogens (primary N) is 1. The van der Waals surface area contributed by atoms with Crippen LogP contribution in [-0.2, 0) is 6.42 Å². The largest absolute Gasteiger partial charge is 0.384 e. The Balaban J connectivity index is 2.49. The highest BCUT2D eigenvalue weighted by Crippen LogP contribution is 2.27. The second-order valence-corrected chi connectivity index (χ2v) is 4.84. The maximum atomic E-state index is 13.0. The number of nitrogen functional groups attached to an aromatic ring is 1. The molecule has 1 aromatic heterocycles. The third-order valence-electron chi connectivity index (χ3n) is 2.48. The van der Waals surface area contributed by atoms with Gasteiger partial charge in [0, 0.05) is 21.8 Å². The van der Waals surface area contributed by atoms with Crippen LogP contribution in [-0.4, -0.2) is 9.97 Å². The summed E-state index contributed by atoms with van der Waals surface area (Å²) in [6, 6.07) is 6.18. The Morgan fingerprint density at radius 1 is 1.28 bits per heavy atom. The number of aryl methyl sites for hydroxylation is 1. The zero-order chi connectivity index (χ0) is 13.1.